The topological polar surface area (TPSA) is 98.2 Å². The fourth-order valence-corrected chi connectivity index (χ4v) is 5.68. The molecular formula is C25H25N3O6S. The first kappa shape index (κ1) is 23.1. The molecule has 1 aromatic heterocycles. The second kappa shape index (κ2) is 9.55. The number of rotatable bonds is 5. The van der Waals surface area contributed by atoms with Crippen LogP contribution in [-0.2, 0) is 16.6 Å². The standard InChI is InChI=1S/C25H25N3O6S/c29-24(21-7-4-10-27(25(21)30)18-19-5-2-1-3-6-19)26-11-13-28(14-12-26)35(31,32)20-8-9-22-23(17-20)34-16-15-33-22/h1-10,17H,11-16,18H2. The molecule has 182 valence electrons. The van der Waals surface area contributed by atoms with Crippen LogP contribution in [0.2, 0.25) is 0 Å². The molecule has 1 amide bonds. The fraction of sp³-hybridized carbons (Fsp3) is 0.280. The quantitative estimate of drug-likeness (QED) is 0.536. The minimum atomic E-state index is -3.76. The number of carbonyl (C=O) groups excluding carboxylic acids is 1. The lowest BCUT2D eigenvalue weighted by molar-refractivity contribution is 0.0695. The molecular weight excluding hydrogens is 470 g/mol. The number of sulfonamides is 1. The number of aromatic nitrogens is 1. The lowest BCUT2D eigenvalue weighted by Crippen LogP contribution is -2.51. The third kappa shape index (κ3) is 4.67. The van der Waals surface area contributed by atoms with Crippen molar-refractivity contribution >= 4 is 15.9 Å². The zero-order valence-corrected chi connectivity index (χ0v) is 19.8. The molecule has 10 heteroatoms. The van der Waals surface area contributed by atoms with Crippen LogP contribution in [0.4, 0.5) is 0 Å². The van der Waals surface area contributed by atoms with Gasteiger partial charge in [-0.05, 0) is 29.8 Å². The van der Waals surface area contributed by atoms with E-state index in [-0.39, 0.29) is 42.2 Å². The third-order valence-electron chi connectivity index (χ3n) is 6.12. The van der Waals surface area contributed by atoms with Gasteiger partial charge in [-0.1, -0.05) is 30.3 Å². The molecule has 2 aliphatic rings. The summed E-state index contributed by atoms with van der Waals surface area (Å²) in [7, 11) is -3.76. The Morgan fingerprint density at radius 2 is 1.57 bits per heavy atom. The van der Waals surface area contributed by atoms with E-state index in [0.717, 1.165) is 5.56 Å². The number of fused-ring (bicyclic) bond motifs is 1. The molecule has 0 spiro atoms. The summed E-state index contributed by atoms with van der Waals surface area (Å²) in [5.74, 6) is 0.530. The zero-order chi connectivity index (χ0) is 24.4. The molecule has 9 nitrogen and oxygen atoms in total. The van der Waals surface area contributed by atoms with Crippen LogP contribution in [-0.4, -0.2) is 67.5 Å². The number of hydrogen-bond donors (Lipinski definition) is 0. The van der Waals surface area contributed by atoms with Gasteiger partial charge in [0.1, 0.15) is 18.8 Å². The molecule has 3 aromatic rings. The van der Waals surface area contributed by atoms with Gasteiger partial charge in [0.2, 0.25) is 10.0 Å². The van der Waals surface area contributed by atoms with Gasteiger partial charge in [0.25, 0.3) is 11.5 Å². The van der Waals surface area contributed by atoms with Crippen LogP contribution in [0.15, 0.2) is 76.6 Å². The number of benzene rings is 2. The molecule has 1 saturated heterocycles. The minimum absolute atomic E-state index is 0.0755. The van der Waals surface area contributed by atoms with Crippen molar-refractivity contribution in [3.8, 4) is 11.5 Å². The maximum Gasteiger partial charge on any atom is 0.263 e. The highest BCUT2D eigenvalue weighted by Gasteiger charge is 2.32. The van der Waals surface area contributed by atoms with E-state index in [1.807, 2.05) is 30.3 Å². The number of nitrogens with zero attached hydrogens (tertiary/aromatic N) is 3. The SMILES string of the molecule is O=C(c1cccn(Cc2ccccc2)c1=O)N1CCN(S(=O)(=O)c2ccc3c(c2)OCCO3)CC1. The molecule has 0 N–H and O–H groups in total. The van der Waals surface area contributed by atoms with Crippen LogP contribution in [0.3, 0.4) is 0 Å². The molecule has 0 saturated carbocycles. The molecule has 1 fully saturated rings. The fourth-order valence-electron chi connectivity index (χ4n) is 4.24. The van der Waals surface area contributed by atoms with E-state index >= 15 is 0 Å². The summed E-state index contributed by atoms with van der Waals surface area (Å²) in [5, 5.41) is 0. The maximum absolute atomic E-state index is 13.2. The smallest absolute Gasteiger partial charge is 0.263 e. The summed E-state index contributed by atoms with van der Waals surface area (Å²) in [6.07, 6.45) is 1.66. The highest BCUT2D eigenvalue weighted by atomic mass is 32.2. The molecule has 5 rings (SSSR count). The van der Waals surface area contributed by atoms with Crippen LogP contribution in [0.25, 0.3) is 0 Å². The van der Waals surface area contributed by atoms with Crippen LogP contribution < -0.4 is 15.0 Å². The molecule has 0 aliphatic carbocycles. The van der Waals surface area contributed by atoms with Crippen molar-refractivity contribution in [3.05, 3.63) is 88.3 Å². The van der Waals surface area contributed by atoms with Crippen molar-refractivity contribution in [2.24, 2.45) is 0 Å². The Hall–Kier alpha value is -3.63. The molecule has 2 aliphatic heterocycles. The predicted molar refractivity (Wildman–Crippen MR) is 128 cm³/mol. The van der Waals surface area contributed by atoms with Crippen molar-refractivity contribution in [3.63, 3.8) is 0 Å². The maximum atomic E-state index is 13.2. The summed E-state index contributed by atoms with van der Waals surface area (Å²) < 4.78 is 40.2. The highest BCUT2D eigenvalue weighted by molar-refractivity contribution is 7.89. The Bertz CT molecular complexity index is 1400. The average molecular weight is 496 g/mol. The first-order valence-electron chi connectivity index (χ1n) is 11.4. The van der Waals surface area contributed by atoms with E-state index in [9.17, 15) is 18.0 Å². The normalized spacial score (nSPS) is 16.2. The van der Waals surface area contributed by atoms with Crippen molar-refractivity contribution in [2.75, 3.05) is 39.4 Å². The lowest BCUT2D eigenvalue weighted by Gasteiger charge is -2.34. The Kier molecular flexibility index (Phi) is 6.31. The Morgan fingerprint density at radius 3 is 2.31 bits per heavy atom. The van der Waals surface area contributed by atoms with Crippen LogP contribution in [0, 0.1) is 0 Å². The van der Waals surface area contributed by atoms with Gasteiger partial charge in [-0.3, -0.25) is 9.59 Å². The van der Waals surface area contributed by atoms with Gasteiger partial charge in [-0.25, -0.2) is 8.42 Å². The lowest BCUT2D eigenvalue weighted by atomic mass is 10.2. The van der Waals surface area contributed by atoms with Crippen molar-refractivity contribution < 1.29 is 22.7 Å². The van der Waals surface area contributed by atoms with Gasteiger partial charge in [0.15, 0.2) is 11.5 Å². The van der Waals surface area contributed by atoms with Crippen LogP contribution >= 0.6 is 0 Å². The van der Waals surface area contributed by atoms with Gasteiger partial charge in [0, 0.05) is 38.4 Å². The van der Waals surface area contributed by atoms with Gasteiger partial charge < -0.3 is 18.9 Å². The second-order valence-electron chi connectivity index (χ2n) is 8.34. The number of ether oxygens (including phenoxy) is 2. The zero-order valence-electron chi connectivity index (χ0n) is 19.0. The van der Waals surface area contributed by atoms with E-state index in [4.69, 9.17) is 9.47 Å². The molecule has 0 bridgehead atoms. The Labute approximate surface area is 203 Å². The first-order valence-corrected chi connectivity index (χ1v) is 12.8. The average Bonchev–Trinajstić information content (AvgIpc) is 2.90. The van der Waals surface area contributed by atoms with Crippen molar-refractivity contribution in [1.82, 2.24) is 13.8 Å². The predicted octanol–water partition coefficient (Wildman–Crippen LogP) is 1.81. The summed E-state index contributed by atoms with van der Waals surface area (Å²) in [4.78, 5) is 27.7. The number of hydrogen-bond acceptors (Lipinski definition) is 6. The molecule has 0 atom stereocenters. The highest BCUT2D eigenvalue weighted by Crippen LogP contribution is 2.33. The van der Waals surface area contributed by atoms with E-state index in [1.165, 1.54) is 32.0 Å². The van der Waals surface area contributed by atoms with E-state index < -0.39 is 15.9 Å². The summed E-state index contributed by atoms with van der Waals surface area (Å²) in [6.45, 7) is 1.80. The largest absolute Gasteiger partial charge is 0.486 e. The summed E-state index contributed by atoms with van der Waals surface area (Å²) in [6, 6.07) is 17.3. The molecule has 0 unspecified atom stereocenters. The van der Waals surface area contributed by atoms with E-state index in [2.05, 4.69) is 0 Å². The number of pyridine rings is 1. The van der Waals surface area contributed by atoms with E-state index in [1.54, 1.807) is 18.3 Å². The monoisotopic (exact) mass is 495 g/mol. The molecule has 0 radical (unpaired) electrons. The van der Waals surface area contributed by atoms with Gasteiger partial charge in [0.05, 0.1) is 11.4 Å². The minimum Gasteiger partial charge on any atom is -0.486 e. The van der Waals surface area contributed by atoms with Gasteiger partial charge in [-0.15, -0.1) is 0 Å². The van der Waals surface area contributed by atoms with Crippen LogP contribution in [0.1, 0.15) is 15.9 Å². The first-order chi connectivity index (χ1) is 16.9. The van der Waals surface area contributed by atoms with Crippen molar-refractivity contribution in [2.45, 2.75) is 11.4 Å². The molecule has 35 heavy (non-hydrogen) atoms. The van der Waals surface area contributed by atoms with Gasteiger partial charge in [-0.2, -0.15) is 4.31 Å². The number of amides is 1. The Morgan fingerprint density at radius 1 is 0.857 bits per heavy atom. The molecule has 3 heterocycles. The third-order valence-corrected chi connectivity index (χ3v) is 8.02. The summed E-state index contributed by atoms with van der Waals surface area (Å²) >= 11 is 0. The van der Waals surface area contributed by atoms with Crippen LogP contribution in [0.5, 0.6) is 11.5 Å². The Balaban J connectivity index is 1.28. The van der Waals surface area contributed by atoms with Gasteiger partial charge >= 0.3 is 0 Å². The number of piperazine rings is 1. The second-order valence-corrected chi connectivity index (χ2v) is 10.3. The number of carbonyl (C=O) groups is 1. The van der Waals surface area contributed by atoms with Crippen molar-refractivity contribution in [1.29, 1.82) is 0 Å². The summed E-state index contributed by atoms with van der Waals surface area (Å²) in [5.41, 5.74) is 0.663. The van der Waals surface area contributed by atoms with E-state index in [0.29, 0.717) is 31.3 Å². The molecule has 2 aromatic carbocycles.